The molecule has 0 spiro atoms. The van der Waals surface area contributed by atoms with Crippen LogP contribution in [0.2, 0.25) is 30.1 Å². The molecule has 0 aliphatic heterocycles. The second kappa shape index (κ2) is 8.13. The number of hydrogen-bond acceptors (Lipinski definition) is 3. The summed E-state index contributed by atoms with van der Waals surface area (Å²) in [7, 11) is 0. The van der Waals surface area contributed by atoms with Crippen LogP contribution in [0.15, 0.2) is 24.3 Å². The van der Waals surface area contributed by atoms with E-state index in [1.807, 2.05) is 0 Å². The molecule has 0 atom stereocenters. The third-order valence-electron chi connectivity index (χ3n) is 2.83. The quantitative estimate of drug-likeness (QED) is 0.313. The van der Waals surface area contributed by atoms with Crippen LogP contribution in [-0.4, -0.2) is 11.8 Å². The lowest BCUT2D eigenvalue weighted by Gasteiger charge is -2.09. The Labute approximate surface area is 167 Å². The number of rotatable bonds is 4. The summed E-state index contributed by atoms with van der Waals surface area (Å²) in [6.07, 6.45) is -0.365. The van der Waals surface area contributed by atoms with Crippen molar-refractivity contribution in [1.29, 1.82) is 0 Å². The van der Waals surface area contributed by atoms with Crippen molar-refractivity contribution in [3.05, 3.63) is 60.0 Å². The number of hydrogen-bond donors (Lipinski definition) is 0. The minimum atomic E-state index is -1.16. The van der Waals surface area contributed by atoms with E-state index in [9.17, 15) is 9.59 Å². The third-order valence-corrected chi connectivity index (χ3v) is 4.50. The lowest BCUT2D eigenvalue weighted by molar-refractivity contribution is -0.146. The molecule has 9 heteroatoms. The van der Waals surface area contributed by atoms with Crippen molar-refractivity contribution in [1.82, 2.24) is 0 Å². The van der Waals surface area contributed by atoms with Crippen molar-refractivity contribution in [3.8, 4) is 5.75 Å². The lowest BCUT2D eigenvalue weighted by Crippen LogP contribution is -2.22. The number of carbonyl (C=O) groups excluding carboxylic acids is 2. The van der Waals surface area contributed by atoms with Crippen LogP contribution in [0.1, 0.15) is 5.56 Å². The van der Waals surface area contributed by atoms with Crippen LogP contribution in [0.5, 0.6) is 5.75 Å². The van der Waals surface area contributed by atoms with Crippen molar-refractivity contribution in [2.75, 3.05) is 0 Å². The van der Waals surface area contributed by atoms with Crippen LogP contribution < -0.4 is 4.74 Å². The first-order chi connectivity index (χ1) is 11.2. The average Bonchev–Trinajstić information content (AvgIpc) is 2.46. The third kappa shape index (κ3) is 4.69. The maximum Gasteiger partial charge on any atom is 0.380 e. The number of benzene rings is 2. The molecule has 0 aliphatic rings. The molecule has 2 aromatic rings. The molecule has 3 nitrogen and oxygen atoms in total. The predicted molar refractivity (Wildman–Crippen MR) is 97.3 cm³/mol. The Morgan fingerprint density at radius 1 is 0.750 bits per heavy atom. The molecule has 24 heavy (non-hydrogen) atoms. The summed E-state index contributed by atoms with van der Waals surface area (Å²) in [5.41, 5.74) is 0.262. The standard InChI is InChI=1S/C15H6Cl6O3/c16-6-1-9(18)8(10(19)2-6)5-13(22)15(23)24-14-11(20)3-7(17)4-12(14)21/h1-4H,5H2. The van der Waals surface area contributed by atoms with Crippen LogP contribution in [-0.2, 0) is 16.0 Å². The first kappa shape index (κ1) is 19.6. The van der Waals surface area contributed by atoms with Gasteiger partial charge >= 0.3 is 5.97 Å². The van der Waals surface area contributed by atoms with Gasteiger partial charge in [-0.15, -0.1) is 0 Å². The molecule has 2 rings (SSSR count). The van der Waals surface area contributed by atoms with E-state index in [0.29, 0.717) is 5.02 Å². The molecule has 0 amide bonds. The second-order valence-electron chi connectivity index (χ2n) is 4.54. The molecule has 0 radical (unpaired) electrons. The SMILES string of the molecule is O=C(Cc1c(Cl)cc(Cl)cc1Cl)C(=O)Oc1c(Cl)cc(Cl)cc1Cl. The smallest absolute Gasteiger partial charge is 0.380 e. The van der Waals surface area contributed by atoms with Crippen LogP contribution in [0, 0.1) is 0 Å². The fourth-order valence-corrected chi connectivity index (χ4v) is 3.59. The summed E-state index contributed by atoms with van der Waals surface area (Å²) >= 11 is 35.3. The molecule has 0 heterocycles. The molecule has 0 aliphatic carbocycles. The molecule has 0 saturated carbocycles. The Kier molecular flexibility index (Phi) is 6.66. The summed E-state index contributed by atoms with van der Waals surface area (Å²) in [6.45, 7) is 0. The molecule has 0 unspecified atom stereocenters. The highest BCUT2D eigenvalue weighted by atomic mass is 35.5. The van der Waals surface area contributed by atoms with E-state index in [1.54, 1.807) is 0 Å². The summed E-state index contributed by atoms with van der Waals surface area (Å²) in [5.74, 6) is -2.21. The van der Waals surface area contributed by atoms with Crippen molar-refractivity contribution in [2.45, 2.75) is 6.42 Å². The first-order valence-corrected chi connectivity index (χ1v) is 8.48. The van der Waals surface area contributed by atoms with Crippen molar-refractivity contribution in [3.63, 3.8) is 0 Å². The van der Waals surface area contributed by atoms with Gasteiger partial charge in [0.25, 0.3) is 0 Å². The van der Waals surface area contributed by atoms with E-state index in [0.717, 1.165) is 0 Å². The van der Waals surface area contributed by atoms with Gasteiger partial charge in [-0.25, -0.2) is 4.79 Å². The average molecular weight is 447 g/mol. The van der Waals surface area contributed by atoms with Gasteiger partial charge in [-0.1, -0.05) is 69.6 Å². The summed E-state index contributed by atoms with van der Waals surface area (Å²) in [4.78, 5) is 24.0. The number of esters is 1. The highest BCUT2D eigenvalue weighted by Gasteiger charge is 2.22. The van der Waals surface area contributed by atoms with E-state index in [2.05, 4.69) is 0 Å². The van der Waals surface area contributed by atoms with Crippen LogP contribution >= 0.6 is 69.6 Å². The highest BCUT2D eigenvalue weighted by Crippen LogP contribution is 2.36. The van der Waals surface area contributed by atoms with E-state index < -0.39 is 11.8 Å². The summed E-state index contributed by atoms with van der Waals surface area (Å²) < 4.78 is 4.95. The number of Topliss-reactive ketones (excluding diaryl/α,β-unsaturated/α-hetero) is 1. The second-order valence-corrected chi connectivity index (χ2v) is 7.04. The fourth-order valence-electron chi connectivity index (χ4n) is 1.75. The Morgan fingerprint density at radius 3 is 1.62 bits per heavy atom. The van der Waals surface area contributed by atoms with Gasteiger partial charge in [-0.05, 0) is 29.8 Å². The lowest BCUT2D eigenvalue weighted by atomic mass is 10.1. The monoisotopic (exact) mass is 444 g/mol. The zero-order chi connectivity index (χ0) is 18.0. The van der Waals surface area contributed by atoms with Crippen LogP contribution in [0.25, 0.3) is 0 Å². The van der Waals surface area contributed by atoms with Gasteiger partial charge in [0.15, 0.2) is 5.75 Å². The molecular weight excluding hydrogens is 441 g/mol. The molecule has 0 fully saturated rings. The summed E-state index contributed by atoms with van der Waals surface area (Å²) in [6, 6.07) is 5.48. The minimum Gasteiger partial charge on any atom is -0.418 e. The predicted octanol–water partition coefficient (Wildman–Crippen LogP) is 6.32. The molecule has 0 N–H and O–H groups in total. The van der Waals surface area contributed by atoms with Crippen LogP contribution in [0.4, 0.5) is 0 Å². The zero-order valence-corrected chi connectivity index (χ0v) is 16.0. The Bertz CT molecular complexity index is 718. The number of halogens is 6. The van der Waals surface area contributed by atoms with E-state index in [4.69, 9.17) is 74.3 Å². The molecule has 0 bridgehead atoms. The van der Waals surface area contributed by atoms with Gasteiger partial charge in [-0.3, -0.25) is 4.79 Å². The van der Waals surface area contributed by atoms with Crippen molar-refractivity contribution >= 4 is 81.4 Å². The summed E-state index contributed by atoms with van der Waals surface area (Å²) in [5, 5.41) is 0.888. The van der Waals surface area contributed by atoms with E-state index >= 15 is 0 Å². The molecule has 2 aromatic carbocycles. The fraction of sp³-hybridized carbons (Fsp3) is 0.0667. The maximum atomic E-state index is 12.1. The number of carbonyl (C=O) groups is 2. The van der Waals surface area contributed by atoms with Gasteiger partial charge in [0.05, 0.1) is 10.0 Å². The normalized spacial score (nSPS) is 10.6. The van der Waals surface area contributed by atoms with Gasteiger partial charge in [0, 0.05) is 26.5 Å². The van der Waals surface area contributed by atoms with Gasteiger partial charge in [0.1, 0.15) is 0 Å². The van der Waals surface area contributed by atoms with Gasteiger partial charge in [-0.2, -0.15) is 0 Å². The molecular formula is C15H6Cl6O3. The minimum absolute atomic E-state index is 0.00351. The van der Waals surface area contributed by atoms with Gasteiger partial charge in [0.2, 0.25) is 5.78 Å². The van der Waals surface area contributed by atoms with Crippen molar-refractivity contribution < 1.29 is 14.3 Å². The number of ether oxygens (including phenoxy) is 1. The van der Waals surface area contributed by atoms with E-state index in [1.165, 1.54) is 24.3 Å². The van der Waals surface area contributed by atoms with Gasteiger partial charge < -0.3 is 4.74 Å². The number of ketones is 1. The largest absolute Gasteiger partial charge is 0.418 e. The molecule has 0 aromatic heterocycles. The van der Waals surface area contributed by atoms with E-state index in [-0.39, 0.29) is 42.8 Å². The Balaban J connectivity index is 2.19. The van der Waals surface area contributed by atoms with Crippen molar-refractivity contribution in [2.24, 2.45) is 0 Å². The Hall–Kier alpha value is -0.680. The molecule has 0 saturated heterocycles. The topological polar surface area (TPSA) is 43.4 Å². The zero-order valence-electron chi connectivity index (χ0n) is 11.5. The first-order valence-electron chi connectivity index (χ1n) is 6.22. The highest BCUT2D eigenvalue weighted by molar-refractivity contribution is 6.42. The molecule has 126 valence electrons. The Morgan fingerprint density at radius 2 is 1.17 bits per heavy atom. The van der Waals surface area contributed by atoms with Crippen LogP contribution in [0.3, 0.4) is 0 Å². The maximum absolute atomic E-state index is 12.1.